The van der Waals surface area contributed by atoms with Gasteiger partial charge in [-0.2, -0.15) is 0 Å². The van der Waals surface area contributed by atoms with Crippen molar-refractivity contribution in [2.75, 3.05) is 30.3 Å². The van der Waals surface area contributed by atoms with Crippen molar-refractivity contribution >= 4 is 23.3 Å². The number of anilines is 2. The summed E-state index contributed by atoms with van der Waals surface area (Å²) in [5.41, 5.74) is 11.3. The lowest BCUT2D eigenvalue weighted by Crippen LogP contribution is -2.33. The molecular formula is C11H15N5O2. The van der Waals surface area contributed by atoms with Gasteiger partial charge in [0, 0.05) is 13.1 Å². The second-order valence-electron chi connectivity index (χ2n) is 4.12. The highest BCUT2D eigenvalue weighted by atomic mass is 16.2. The van der Waals surface area contributed by atoms with Crippen molar-refractivity contribution in [2.45, 2.75) is 6.42 Å². The van der Waals surface area contributed by atoms with E-state index in [0.29, 0.717) is 18.9 Å². The van der Waals surface area contributed by atoms with Crippen molar-refractivity contribution in [1.82, 2.24) is 10.3 Å². The van der Waals surface area contributed by atoms with Crippen LogP contribution in [0.1, 0.15) is 16.8 Å². The van der Waals surface area contributed by atoms with E-state index in [0.717, 1.165) is 6.42 Å². The molecule has 1 aliphatic rings. The fourth-order valence-electron chi connectivity index (χ4n) is 1.84. The van der Waals surface area contributed by atoms with Gasteiger partial charge in [-0.1, -0.05) is 0 Å². The molecule has 1 aromatic heterocycles. The van der Waals surface area contributed by atoms with Crippen LogP contribution in [0.3, 0.4) is 0 Å². The van der Waals surface area contributed by atoms with Gasteiger partial charge >= 0.3 is 0 Å². The normalized spacial score (nSPS) is 16.0. The van der Waals surface area contributed by atoms with Gasteiger partial charge in [0.05, 0.1) is 24.0 Å². The Hall–Kier alpha value is -2.31. The van der Waals surface area contributed by atoms with E-state index >= 15 is 0 Å². The van der Waals surface area contributed by atoms with Gasteiger partial charge in [-0.15, -0.1) is 0 Å². The monoisotopic (exact) mass is 249 g/mol. The average molecular weight is 249 g/mol. The first-order valence-electron chi connectivity index (χ1n) is 5.65. The smallest absolute Gasteiger partial charge is 0.250 e. The number of primary amides is 1. The molecule has 2 heterocycles. The van der Waals surface area contributed by atoms with E-state index in [1.165, 1.54) is 12.3 Å². The van der Waals surface area contributed by atoms with E-state index in [1.54, 1.807) is 4.90 Å². The summed E-state index contributed by atoms with van der Waals surface area (Å²) in [6.07, 6.45) is 2.21. The van der Waals surface area contributed by atoms with Crippen molar-refractivity contribution in [2.24, 2.45) is 5.73 Å². The fraction of sp³-hybridized carbons (Fsp3) is 0.364. The molecule has 5 N–H and O–H groups in total. The highest BCUT2D eigenvalue weighted by molar-refractivity contribution is 5.98. The van der Waals surface area contributed by atoms with Gasteiger partial charge < -0.3 is 21.7 Å². The summed E-state index contributed by atoms with van der Waals surface area (Å²) < 4.78 is 0. The first-order valence-corrected chi connectivity index (χ1v) is 5.65. The third-order valence-corrected chi connectivity index (χ3v) is 2.77. The number of hydrogen-bond acceptors (Lipinski definition) is 5. The summed E-state index contributed by atoms with van der Waals surface area (Å²) >= 11 is 0. The maximum absolute atomic E-state index is 11.5. The number of rotatable bonds is 2. The third-order valence-electron chi connectivity index (χ3n) is 2.77. The molecule has 1 aromatic rings. The topological polar surface area (TPSA) is 114 Å². The van der Waals surface area contributed by atoms with Crippen LogP contribution >= 0.6 is 0 Å². The molecule has 0 aromatic carbocycles. The number of carbonyl (C=O) groups excluding carboxylic acids is 2. The summed E-state index contributed by atoms with van der Waals surface area (Å²) in [6, 6.07) is 1.52. The highest BCUT2D eigenvalue weighted by Crippen LogP contribution is 2.18. The molecule has 0 aliphatic carbocycles. The summed E-state index contributed by atoms with van der Waals surface area (Å²) in [7, 11) is 0. The molecule has 0 saturated carbocycles. The molecule has 0 radical (unpaired) electrons. The molecule has 96 valence electrons. The molecular weight excluding hydrogens is 234 g/mol. The van der Waals surface area contributed by atoms with E-state index in [4.69, 9.17) is 11.5 Å². The molecule has 1 fully saturated rings. The summed E-state index contributed by atoms with van der Waals surface area (Å²) in [5.74, 6) is -0.128. The highest BCUT2D eigenvalue weighted by Gasteiger charge is 2.17. The minimum Gasteiger partial charge on any atom is -0.397 e. The van der Waals surface area contributed by atoms with Crippen LogP contribution in [0.25, 0.3) is 0 Å². The number of nitrogen functional groups attached to an aromatic ring is 1. The largest absolute Gasteiger partial charge is 0.397 e. The minimum atomic E-state index is -0.601. The van der Waals surface area contributed by atoms with E-state index < -0.39 is 5.91 Å². The van der Waals surface area contributed by atoms with Crippen molar-refractivity contribution in [3.8, 4) is 0 Å². The zero-order chi connectivity index (χ0) is 13.1. The van der Waals surface area contributed by atoms with Crippen LogP contribution in [-0.2, 0) is 4.79 Å². The third kappa shape index (κ3) is 2.50. The van der Waals surface area contributed by atoms with E-state index in [1.807, 2.05) is 0 Å². The van der Waals surface area contributed by atoms with Crippen molar-refractivity contribution < 1.29 is 9.59 Å². The Balaban J connectivity index is 2.29. The summed E-state index contributed by atoms with van der Waals surface area (Å²) in [6.45, 7) is 1.55. The Kier molecular flexibility index (Phi) is 3.31. The first-order chi connectivity index (χ1) is 8.58. The Labute approximate surface area is 104 Å². The lowest BCUT2D eigenvalue weighted by Gasteiger charge is -2.20. The molecule has 1 aliphatic heterocycles. The molecule has 7 nitrogen and oxygen atoms in total. The number of amides is 2. The van der Waals surface area contributed by atoms with Crippen LogP contribution in [0.2, 0.25) is 0 Å². The zero-order valence-electron chi connectivity index (χ0n) is 9.85. The lowest BCUT2D eigenvalue weighted by molar-refractivity contribution is -0.119. The summed E-state index contributed by atoms with van der Waals surface area (Å²) in [5, 5.41) is 2.77. The average Bonchev–Trinajstić information content (AvgIpc) is 2.54. The van der Waals surface area contributed by atoms with Gasteiger partial charge in [-0.05, 0) is 12.5 Å². The Morgan fingerprint density at radius 1 is 1.50 bits per heavy atom. The number of hydrogen-bond donors (Lipinski definition) is 3. The van der Waals surface area contributed by atoms with Gasteiger partial charge in [0.25, 0.3) is 5.91 Å². The van der Waals surface area contributed by atoms with Crippen molar-refractivity contribution in [3.05, 3.63) is 17.8 Å². The van der Waals surface area contributed by atoms with E-state index in [9.17, 15) is 9.59 Å². The predicted octanol–water partition coefficient (Wildman–Crippen LogP) is -0.911. The van der Waals surface area contributed by atoms with E-state index in [-0.39, 0.29) is 23.7 Å². The minimum absolute atomic E-state index is 0.0632. The molecule has 0 bridgehead atoms. The number of carbonyl (C=O) groups is 2. The molecule has 2 amide bonds. The second-order valence-corrected chi connectivity index (χ2v) is 4.12. The van der Waals surface area contributed by atoms with Gasteiger partial charge in [0.15, 0.2) is 0 Å². The first kappa shape index (κ1) is 12.2. The van der Waals surface area contributed by atoms with E-state index in [2.05, 4.69) is 10.3 Å². The van der Waals surface area contributed by atoms with Crippen LogP contribution in [0.4, 0.5) is 11.5 Å². The number of nitrogens with two attached hydrogens (primary N) is 2. The van der Waals surface area contributed by atoms with Gasteiger partial charge in [0.2, 0.25) is 5.91 Å². The number of nitrogens with zero attached hydrogens (tertiary/aromatic N) is 2. The van der Waals surface area contributed by atoms with Crippen molar-refractivity contribution in [3.63, 3.8) is 0 Å². The van der Waals surface area contributed by atoms with Crippen LogP contribution in [0.15, 0.2) is 12.3 Å². The Morgan fingerprint density at radius 3 is 3.00 bits per heavy atom. The van der Waals surface area contributed by atoms with Crippen LogP contribution in [0.5, 0.6) is 0 Å². The van der Waals surface area contributed by atoms with Crippen LogP contribution in [-0.4, -0.2) is 36.4 Å². The maximum Gasteiger partial charge on any atom is 0.250 e. The fourth-order valence-corrected chi connectivity index (χ4v) is 1.84. The van der Waals surface area contributed by atoms with Crippen molar-refractivity contribution in [1.29, 1.82) is 0 Å². The zero-order valence-corrected chi connectivity index (χ0v) is 9.85. The SMILES string of the molecule is NC(=O)c1cc(N2CCCNC(=O)C2)ncc1N. The number of aromatic nitrogens is 1. The number of nitrogens with one attached hydrogen (secondary N) is 1. The molecule has 2 rings (SSSR count). The second kappa shape index (κ2) is 4.91. The quantitative estimate of drug-likeness (QED) is 0.627. The Morgan fingerprint density at radius 2 is 2.28 bits per heavy atom. The predicted molar refractivity (Wildman–Crippen MR) is 67.0 cm³/mol. The molecule has 7 heteroatoms. The molecule has 18 heavy (non-hydrogen) atoms. The number of pyridine rings is 1. The maximum atomic E-state index is 11.5. The molecule has 1 saturated heterocycles. The van der Waals surface area contributed by atoms with Crippen LogP contribution in [0, 0.1) is 0 Å². The van der Waals surface area contributed by atoms with Gasteiger partial charge in [-0.25, -0.2) is 4.98 Å². The van der Waals surface area contributed by atoms with Crippen LogP contribution < -0.4 is 21.7 Å². The standard InChI is InChI=1S/C11H15N5O2/c12-8-5-15-9(4-7(8)11(13)18)16-3-1-2-14-10(17)6-16/h4-5H,1-3,6,12H2,(H2,13,18)(H,14,17). The van der Waals surface area contributed by atoms with Gasteiger partial charge in [-0.3, -0.25) is 9.59 Å². The van der Waals surface area contributed by atoms with Gasteiger partial charge in [0.1, 0.15) is 5.82 Å². The molecule has 0 atom stereocenters. The lowest BCUT2D eigenvalue weighted by atomic mass is 10.2. The molecule has 0 unspecified atom stereocenters. The summed E-state index contributed by atoms with van der Waals surface area (Å²) in [4.78, 5) is 28.6. The molecule has 0 spiro atoms. The Bertz CT molecular complexity index is 488.